The van der Waals surface area contributed by atoms with Crippen molar-refractivity contribution in [1.82, 2.24) is 20.0 Å². The highest BCUT2D eigenvalue weighted by atomic mass is 16.2. The number of aromatic nitrogens is 3. The Morgan fingerprint density at radius 2 is 1.84 bits per heavy atom. The summed E-state index contributed by atoms with van der Waals surface area (Å²) in [5.41, 5.74) is 8.56. The van der Waals surface area contributed by atoms with Gasteiger partial charge in [-0.2, -0.15) is 5.10 Å². The van der Waals surface area contributed by atoms with E-state index in [1.165, 1.54) is 5.69 Å². The zero-order valence-electron chi connectivity index (χ0n) is 18.1. The number of benzene rings is 1. The minimum atomic E-state index is -0.287. The molecular weight excluding hydrogens is 386 g/mol. The Hall–Kier alpha value is -3.80. The number of hydrazone groups is 1. The van der Waals surface area contributed by atoms with Crippen LogP contribution in [0.3, 0.4) is 0 Å². The second-order valence-corrected chi connectivity index (χ2v) is 7.78. The molecule has 0 saturated heterocycles. The summed E-state index contributed by atoms with van der Waals surface area (Å²) in [6, 6.07) is 17.4. The number of para-hydroxylation sites is 1. The molecule has 0 unspecified atom stereocenters. The zero-order chi connectivity index (χ0) is 22.0. The number of amides is 1. The molecule has 0 aliphatic rings. The molecule has 0 bridgehead atoms. The number of rotatable bonds is 5. The molecule has 1 aromatic carbocycles. The predicted molar refractivity (Wildman–Crippen MR) is 124 cm³/mol. The molecule has 31 heavy (non-hydrogen) atoms. The lowest BCUT2D eigenvalue weighted by molar-refractivity contribution is 0.0956. The fourth-order valence-corrected chi connectivity index (χ4v) is 3.96. The van der Waals surface area contributed by atoms with Crippen LogP contribution in [-0.2, 0) is 0 Å². The third-order valence-corrected chi connectivity index (χ3v) is 5.30. The van der Waals surface area contributed by atoms with Crippen molar-refractivity contribution in [3.8, 4) is 11.4 Å². The second-order valence-electron chi connectivity index (χ2n) is 7.78. The van der Waals surface area contributed by atoms with E-state index < -0.39 is 0 Å². The smallest absolute Gasteiger partial charge is 0.272 e. The van der Waals surface area contributed by atoms with Gasteiger partial charge in [0.2, 0.25) is 0 Å². The SMILES string of the molecule is Cc1cc(/C=N\NC(=O)c2cc(-c3ccccn3)nc3ccccc23)c(C)n1C(C)C. The van der Waals surface area contributed by atoms with Gasteiger partial charge in [0, 0.05) is 34.6 Å². The lowest BCUT2D eigenvalue weighted by Crippen LogP contribution is -2.18. The molecule has 4 rings (SSSR count). The molecule has 6 nitrogen and oxygen atoms in total. The van der Waals surface area contributed by atoms with Crippen molar-refractivity contribution in [3.05, 3.63) is 83.3 Å². The van der Waals surface area contributed by atoms with Gasteiger partial charge in [0.1, 0.15) is 0 Å². The van der Waals surface area contributed by atoms with Gasteiger partial charge >= 0.3 is 0 Å². The largest absolute Gasteiger partial charge is 0.346 e. The summed E-state index contributed by atoms with van der Waals surface area (Å²) in [5.74, 6) is -0.287. The Morgan fingerprint density at radius 1 is 1.06 bits per heavy atom. The summed E-state index contributed by atoms with van der Waals surface area (Å²) in [5, 5.41) is 5.00. The second kappa shape index (κ2) is 8.52. The molecule has 0 aliphatic heterocycles. The monoisotopic (exact) mass is 411 g/mol. The Morgan fingerprint density at radius 3 is 2.55 bits per heavy atom. The number of carbonyl (C=O) groups is 1. The van der Waals surface area contributed by atoms with Crippen LogP contribution in [0, 0.1) is 13.8 Å². The summed E-state index contributed by atoms with van der Waals surface area (Å²) in [7, 11) is 0. The fourth-order valence-electron chi connectivity index (χ4n) is 3.96. The van der Waals surface area contributed by atoms with Crippen molar-refractivity contribution < 1.29 is 4.79 Å². The van der Waals surface area contributed by atoms with Crippen LogP contribution in [0.2, 0.25) is 0 Å². The molecule has 3 aromatic heterocycles. The van der Waals surface area contributed by atoms with Gasteiger partial charge in [0.15, 0.2) is 0 Å². The Bertz CT molecular complexity index is 1270. The van der Waals surface area contributed by atoms with Gasteiger partial charge < -0.3 is 4.57 Å². The van der Waals surface area contributed by atoms with Crippen LogP contribution < -0.4 is 5.43 Å². The molecular formula is C25H25N5O. The van der Waals surface area contributed by atoms with E-state index in [1.54, 1.807) is 18.5 Å². The molecule has 0 radical (unpaired) electrons. The van der Waals surface area contributed by atoms with Crippen LogP contribution in [0.1, 0.15) is 47.2 Å². The van der Waals surface area contributed by atoms with Crippen molar-refractivity contribution in [1.29, 1.82) is 0 Å². The van der Waals surface area contributed by atoms with Crippen molar-refractivity contribution in [3.63, 3.8) is 0 Å². The van der Waals surface area contributed by atoms with E-state index in [0.717, 1.165) is 22.2 Å². The number of pyridine rings is 2. The molecule has 0 spiro atoms. The van der Waals surface area contributed by atoms with E-state index in [0.29, 0.717) is 23.0 Å². The van der Waals surface area contributed by atoms with Gasteiger partial charge in [-0.05, 0) is 58.0 Å². The van der Waals surface area contributed by atoms with Gasteiger partial charge in [0.05, 0.1) is 28.7 Å². The van der Waals surface area contributed by atoms with E-state index in [-0.39, 0.29) is 5.91 Å². The molecule has 0 atom stereocenters. The first-order chi connectivity index (χ1) is 15.0. The normalized spacial score (nSPS) is 11.5. The molecule has 6 heteroatoms. The van der Waals surface area contributed by atoms with Crippen molar-refractivity contribution in [2.24, 2.45) is 5.10 Å². The van der Waals surface area contributed by atoms with Crippen LogP contribution in [0.15, 0.2) is 65.9 Å². The predicted octanol–water partition coefficient (Wildman–Crippen LogP) is 5.06. The highest BCUT2D eigenvalue weighted by molar-refractivity contribution is 6.07. The summed E-state index contributed by atoms with van der Waals surface area (Å²) < 4.78 is 2.25. The van der Waals surface area contributed by atoms with E-state index >= 15 is 0 Å². The van der Waals surface area contributed by atoms with Crippen LogP contribution in [0.4, 0.5) is 0 Å². The Kier molecular flexibility index (Phi) is 5.62. The van der Waals surface area contributed by atoms with Crippen LogP contribution in [0.25, 0.3) is 22.3 Å². The standard InChI is InChI=1S/C25H25N5O/c1-16(2)30-17(3)13-19(18(30)4)15-27-29-25(31)21-14-24(23-11-7-8-12-26-23)28-22-10-6-5-9-20(21)22/h5-16H,1-4H3,(H,29,31)/b27-15-. The lowest BCUT2D eigenvalue weighted by Gasteiger charge is -2.13. The number of nitrogens with zero attached hydrogens (tertiary/aromatic N) is 4. The van der Waals surface area contributed by atoms with Crippen molar-refractivity contribution >= 4 is 23.0 Å². The van der Waals surface area contributed by atoms with Gasteiger partial charge in [-0.3, -0.25) is 9.78 Å². The summed E-state index contributed by atoms with van der Waals surface area (Å²) in [6.07, 6.45) is 3.41. The topological polar surface area (TPSA) is 72.2 Å². The number of fused-ring (bicyclic) bond motifs is 1. The molecule has 0 saturated carbocycles. The maximum atomic E-state index is 13.0. The Labute approximate surface area is 181 Å². The summed E-state index contributed by atoms with van der Waals surface area (Å²) in [6.45, 7) is 8.43. The van der Waals surface area contributed by atoms with Crippen molar-refractivity contribution in [2.75, 3.05) is 0 Å². The minimum Gasteiger partial charge on any atom is -0.346 e. The molecule has 0 aliphatic carbocycles. The van der Waals surface area contributed by atoms with Gasteiger partial charge in [0.25, 0.3) is 5.91 Å². The first-order valence-corrected chi connectivity index (χ1v) is 10.3. The van der Waals surface area contributed by atoms with Crippen LogP contribution >= 0.6 is 0 Å². The molecule has 1 amide bonds. The zero-order valence-corrected chi connectivity index (χ0v) is 18.1. The fraction of sp³-hybridized carbons (Fsp3) is 0.200. The van der Waals surface area contributed by atoms with E-state index in [4.69, 9.17) is 0 Å². The third-order valence-electron chi connectivity index (χ3n) is 5.30. The summed E-state index contributed by atoms with van der Waals surface area (Å²) in [4.78, 5) is 22.1. The van der Waals surface area contributed by atoms with Gasteiger partial charge in [-0.1, -0.05) is 24.3 Å². The maximum absolute atomic E-state index is 13.0. The highest BCUT2D eigenvalue weighted by Gasteiger charge is 2.14. The van der Waals surface area contributed by atoms with E-state index in [1.807, 2.05) is 42.5 Å². The maximum Gasteiger partial charge on any atom is 0.272 e. The number of hydrogen-bond acceptors (Lipinski definition) is 4. The first kappa shape index (κ1) is 20.5. The molecule has 156 valence electrons. The first-order valence-electron chi connectivity index (χ1n) is 10.3. The van der Waals surface area contributed by atoms with Crippen molar-refractivity contribution in [2.45, 2.75) is 33.7 Å². The van der Waals surface area contributed by atoms with Crippen LogP contribution in [0.5, 0.6) is 0 Å². The molecule has 0 fully saturated rings. The summed E-state index contributed by atoms with van der Waals surface area (Å²) >= 11 is 0. The number of aryl methyl sites for hydroxylation is 1. The van der Waals surface area contributed by atoms with E-state index in [9.17, 15) is 4.79 Å². The molecule has 4 aromatic rings. The third kappa shape index (κ3) is 4.10. The molecule has 3 heterocycles. The highest BCUT2D eigenvalue weighted by Crippen LogP contribution is 2.24. The molecule has 1 N–H and O–H groups in total. The Balaban J connectivity index is 1.65. The average molecular weight is 412 g/mol. The van der Waals surface area contributed by atoms with E-state index in [2.05, 4.69) is 58.8 Å². The minimum absolute atomic E-state index is 0.287. The van der Waals surface area contributed by atoms with Crippen LogP contribution in [-0.4, -0.2) is 26.7 Å². The number of hydrogen-bond donors (Lipinski definition) is 1. The number of carbonyl (C=O) groups excluding carboxylic acids is 1. The van der Waals surface area contributed by atoms with Gasteiger partial charge in [-0.15, -0.1) is 0 Å². The quantitative estimate of drug-likeness (QED) is 0.368. The average Bonchev–Trinajstić information content (AvgIpc) is 3.06. The number of nitrogens with one attached hydrogen (secondary N) is 1. The van der Waals surface area contributed by atoms with Gasteiger partial charge in [-0.25, -0.2) is 10.4 Å². The lowest BCUT2D eigenvalue weighted by atomic mass is 10.1.